The Bertz CT molecular complexity index is 654. The summed E-state index contributed by atoms with van der Waals surface area (Å²) in [5.41, 5.74) is 10.3. The number of hydrogen-bond acceptors (Lipinski definition) is 3. The van der Waals surface area contributed by atoms with Gasteiger partial charge in [0.15, 0.2) is 0 Å². The molecule has 0 amide bonds. The summed E-state index contributed by atoms with van der Waals surface area (Å²) in [6, 6.07) is 14.5. The van der Waals surface area contributed by atoms with Crippen molar-refractivity contribution in [3.63, 3.8) is 0 Å². The average Bonchev–Trinajstić information content (AvgIpc) is 2.65. The predicted octanol–water partition coefficient (Wildman–Crippen LogP) is 4.40. The summed E-state index contributed by atoms with van der Waals surface area (Å²) >= 11 is 0. The molecule has 3 nitrogen and oxygen atoms in total. The van der Waals surface area contributed by atoms with E-state index in [4.69, 9.17) is 10.5 Å². The van der Waals surface area contributed by atoms with Crippen LogP contribution in [0.15, 0.2) is 42.5 Å². The Morgan fingerprint density at radius 3 is 2.60 bits per heavy atom. The molecule has 2 aromatic rings. The summed E-state index contributed by atoms with van der Waals surface area (Å²) < 4.78 is 5.32. The second-order valence-corrected chi connectivity index (χ2v) is 6.62. The third-order valence-corrected chi connectivity index (χ3v) is 4.64. The van der Waals surface area contributed by atoms with Crippen molar-refractivity contribution in [2.24, 2.45) is 5.73 Å². The van der Waals surface area contributed by atoms with Crippen LogP contribution in [-0.2, 0) is 12.8 Å². The van der Waals surface area contributed by atoms with Crippen LogP contribution in [0.1, 0.15) is 61.0 Å². The van der Waals surface area contributed by atoms with E-state index in [1.165, 1.54) is 36.8 Å². The number of aliphatic hydroxyl groups excluding tert-OH is 1. The van der Waals surface area contributed by atoms with Gasteiger partial charge in [-0.2, -0.15) is 0 Å². The monoisotopic (exact) mass is 341 g/mol. The third kappa shape index (κ3) is 5.87. The summed E-state index contributed by atoms with van der Waals surface area (Å²) in [6.45, 7) is 2.47. The normalized spacial score (nSPS) is 12.2. The van der Waals surface area contributed by atoms with Crippen LogP contribution in [0.25, 0.3) is 0 Å². The molecule has 2 rings (SSSR count). The third-order valence-electron chi connectivity index (χ3n) is 4.64. The van der Waals surface area contributed by atoms with Gasteiger partial charge in [-0.1, -0.05) is 56.5 Å². The lowest BCUT2D eigenvalue weighted by Gasteiger charge is -2.16. The van der Waals surface area contributed by atoms with Crippen molar-refractivity contribution in [2.75, 3.05) is 13.7 Å². The van der Waals surface area contributed by atoms with Crippen molar-refractivity contribution in [1.82, 2.24) is 0 Å². The largest absolute Gasteiger partial charge is 0.497 e. The minimum absolute atomic E-state index is 0.237. The molecule has 136 valence electrons. The fraction of sp³-hybridized carbons (Fsp3) is 0.455. The van der Waals surface area contributed by atoms with Crippen molar-refractivity contribution >= 4 is 0 Å². The van der Waals surface area contributed by atoms with Gasteiger partial charge in [-0.05, 0) is 53.6 Å². The molecule has 25 heavy (non-hydrogen) atoms. The van der Waals surface area contributed by atoms with Gasteiger partial charge in [0.2, 0.25) is 0 Å². The zero-order chi connectivity index (χ0) is 18.1. The number of unbranched alkanes of at least 4 members (excludes halogenated alkanes) is 3. The second kappa shape index (κ2) is 10.2. The maximum atomic E-state index is 10.3. The minimum Gasteiger partial charge on any atom is -0.497 e. The second-order valence-electron chi connectivity index (χ2n) is 6.62. The first-order valence-electron chi connectivity index (χ1n) is 9.30. The maximum absolute atomic E-state index is 10.3. The highest BCUT2D eigenvalue weighted by atomic mass is 16.5. The molecule has 0 saturated carbocycles. The highest BCUT2D eigenvalue weighted by Gasteiger charge is 2.12. The van der Waals surface area contributed by atoms with Crippen LogP contribution in [0.5, 0.6) is 5.75 Å². The van der Waals surface area contributed by atoms with Gasteiger partial charge in [0.25, 0.3) is 0 Å². The molecule has 0 aliphatic carbocycles. The average molecular weight is 341 g/mol. The zero-order valence-corrected chi connectivity index (χ0v) is 15.5. The van der Waals surface area contributed by atoms with E-state index in [9.17, 15) is 5.11 Å². The Morgan fingerprint density at radius 2 is 1.88 bits per heavy atom. The molecule has 0 heterocycles. The van der Waals surface area contributed by atoms with Gasteiger partial charge in [0.1, 0.15) is 5.75 Å². The summed E-state index contributed by atoms with van der Waals surface area (Å²) in [7, 11) is 1.68. The van der Waals surface area contributed by atoms with Crippen molar-refractivity contribution in [3.05, 3.63) is 64.7 Å². The highest BCUT2D eigenvalue weighted by Crippen LogP contribution is 2.24. The molecule has 3 heteroatoms. The molecule has 0 aliphatic rings. The molecular weight excluding hydrogens is 310 g/mol. The van der Waals surface area contributed by atoms with E-state index in [1.807, 2.05) is 24.3 Å². The topological polar surface area (TPSA) is 55.5 Å². The van der Waals surface area contributed by atoms with E-state index in [2.05, 4.69) is 25.1 Å². The van der Waals surface area contributed by atoms with Crippen molar-refractivity contribution in [3.8, 4) is 5.75 Å². The van der Waals surface area contributed by atoms with Crippen LogP contribution in [0.2, 0.25) is 0 Å². The Hall–Kier alpha value is -1.84. The quantitative estimate of drug-likeness (QED) is 0.630. The minimum atomic E-state index is -0.616. The van der Waals surface area contributed by atoms with Gasteiger partial charge in [-0.15, -0.1) is 0 Å². The van der Waals surface area contributed by atoms with Crippen LogP contribution >= 0.6 is 0 Å². The smallest absolute Gasteiger partial charge is 0.119 e. The lowest BCUT2D eigenvalue weighted by Crippen LogP contribution is -2.14. The first kappa shape index (κ1) is 19.5. The van der Waals surface area contributed by atoms with Crippen LogP contribution in [0, 0.1) is 0 Å². The van der Waals surface area contributed by atoms with Gasteiger partial charge in [-0.3, -0.25) is 0 Å². The van der Waals surface area contributed by atoms with E-state index in [0.29, 0.717) is 0 Å². The molecule has 0 radical (unpaired) electrons. The number of rotatable bonds is 10. The fourth-order valence-corrected chi connectivity index (χ4v) is 3.18. The summed E-state index contributed by atoms with van der Waals surface area (Å²) in [5.74, 6) is 0.856. The van der Waals surface area contributed by atoms with E-state index in [0.717, 1.165) is 29.7 Å². The summed E-state index contributed by atoms with van der Waals surface area (Å²) in [5, 5.41) is 10.3. The van der Waals surface area contributed by atoms with Gasteiger partial charge in [0.05, 0.1) is 13.2 Å². The number of benzene rings is 2. The highest BCUT2D eigenvalue weighted by molar-refractivity contribution is 5.39. The lowest BCUT2D eigenvalue weighted by molar-refractivity contribution is 0.186. The number of nitrogens with two attached hydrogens (primary N) is 1. The summed E-state index contributed by atoms with van der Waals surface area (Å²) in [4.78, 5) is 0. The number of aliphatic hydroxyl groups is 1. The first-order chi connectivity index (χ1) is 12.2. The van der Waals surface area contributed by atoms with Gasteiger partial charge in [0, 0.05) is 6.54 Å². The van der Waals surface area contributed by atoms with Crippen molar-refractivity contribution in [1.29, 1.82) is 0 Å². The summed E-state index contributed by atoms with van der Waals surface area (Å²) in [6.07, 6.45) is 6.27. The molecule has 1 unspecified atom stereocenters. The van der Waals surface area contributed by atoms with Crippen molar-refractivity contribution < 1.29 is 9.84 Å². The van der Waals surface area contributed by atoms with Gasteiger partial charge >= 0.3 is 0 Å². The van der Waals surface area contributed by atoms with Crippen LogP contribution in [0.3, 0.4) is 0 Å². The van der Waals surface area contributed by atoms with Crippen LogP contribution in [-0.4, -0.2) is 18.8 Å². The van der Waals surface area contributed by atoms with E-state index >= 15 is 0 Å². The van der Waals surface area contributed by atoms with E-state index < -0.39 is 6.10 Å². The number of aryl methyl sites for hydroxylation is 1. The molecule has 0 spiro atoms. The predicted molar refractivity (Wildman–Crippen MR) is 104 cm³/mol. The van der Waals surface area contributed by atoms with Gasteiger partial charge < -0.3 is 15.6 Å². The van der Waals surface area contributed by atoms with Gasteiger partial charge in [-0.25, -0.2) is 0 Å². The number of ether oxygens (including phenoxy) is 1. The van der Waals surface area contributed by atoms with E-state index in [-0.39, 0.29) is 6.54 Å². The Kier molecular flexibility index (Phi) is 7.96. The molecule has 2 aromatic carbocycles. The maximum Gasteiger partial charge on any atom is 0.119 e. The fourth-order valence-electron chi connectivity index (χ4n) is 3.18. The molecule has 0 saturated heterocycles. The Balaban J connectivity index is 2.21. The zero-order valence-electron chi connectivity index (χ0n) is 15.5. The number of methoxy groups -OCH3 is 1. The first-order valence-corrected chi connectivity index (χ1v) is 9.30. The molecule has 0 aliphatic heterocycles. The lowest BCUT2D eigenvalue weighted by atomic mass is 9.93. The van der Waals surface area contributed by atoms with Crippen LogP contribution < -0.4 is 10.5 Å². The molecule has 0 aromatic heterocycles. The van der Waals surface area contributed by atoms with Crippen LogP contribution in [0.4, 0.5) is 0 Å². The molecule has 1 atom stereocenters. The molecule has 3 N–H and O–H groups in total. The molecular formula is C22H31NO2. The van der Waals surface area contributed by atoms with E-state index in [1.54, 1.807) is 7.11 Å². The van der Waals surface area contributed by atoms with Crippen molar-refractivity contribution in [2.45, 2.75) is 51.6 Å². The molecule has 0 fully saturated rings. The molecule has 0 bridgehead atoms. The number of hydrogen-bond donors (Lipinski definition) is 2. The Labute approximate surface area is 151 Å². The SMILES string of the molecule is CCCCCCc1ccc(C(O)CN)c(Cc2cccc(OC)c2)c1. The standard InChI is InChI=1S/C22H31NO2/c1-3-4-5-6-8-17-11-12-21(22(24)16-23)19(13-17)14-18-9-7-10-20(15-18)25-2/h7,9-13,15,22,24H,3-6,8,14,16,23H2,1-2H3. The Morgan fingerprint density at radius 1 is 1.04 bits per heavy atom.